The van der Waals surface area contributed by atoms with Crippen LogP contribution in [0.5, 0.6) is 0 Å². The van der Waals surface area contributed by atoms with Gasteiger partial charge in [0.15, 0.2) is 0 Å². The Kier molecular flexibility index (Phi) is 5.96. The van der Waals surface area contributed by atoms with Gasteiger partial charge in [0.1, 0.15) is 0 Å². The van der Waals surface area contributed by atoms with Crippen LogP contribution in [0, 0.1) is 17.3 Å². The molecule has 1 heteroatoms. The molecule has 0 aromatic heterocycles. The van der Waals surface area contributed by atoms with Gasteiger partial charge in [0, 0.05) is 12.2 Å². The minimum Gasteiger partial charge on any atom is -0.389 e. The molecule has 0 aliphatic heterocycles. The maximum Gasteiger partial charge on any atom is 0.0143 e. The molecule has 120 valence electrons. The van der Waals surface area contributed by atoms with Gasteiger partial charge in [0.25, 0.3) is 0 Å². The Hall–Kier alpha value is -0.720. The SMILES string of the molecule is CC1CC=C(NCCCC2CC=C(C(C)(C)C)CC2)CC1. The predicted molar refractivity (Wildman–Crippen MR) is 93.2 cm³/mol. The van der Waals surface area contributed by atoms with Crippen molar-refractivity contribution >= 4 is 0 Å². The van der Waals surface area contributed by atoms with E-state index in [0.717, 1.165) is 11.8 Å². The molecule has 0 heterocycles. The van der Waals surface area contributed by atoms with Gasteiger partial charge in [-0.3, -0.25) is 0 Å². The first kappa shape index (κ1) is 16.6. The van der Waals surface area contributed by atoms with Crippen molar-refractivity contribution in [3.63, 3.8) is 0 Å². The average Bonchev–Trinajstić information content (AvgIpc) is 2.45. The van der Waals surface area contributed by atoms with Crippen LogP contribution in [0.25, 0.3) is 0 Å². The molecule has 2 aliphatic carbocycles. The summed E-state index contributed by atoms with van der Waals surface area (Å²) >= 11 is 0. The van der Waals surface area contributed by atoms with Crippen molar-refractivity contribution in [1.29, 1.82) is 0 Å². The van der Waals surface area contributed by atoms with E-state index in [1.807, 2.05) is 0 Å². The van der Waals surface area contributed by atoms with E-state index in [1.54, 1.807) is 5.57 Å². The summed E-state index contributed by atoms with van der Waals surface area (Å²) in [6.45, 7) is 10.6. The zero-order valence-electron chi connectivity index (χ0n) is 14.7. The molecule has 2 unspecified atom stereocenters. The zero-order valence-corrected chi connectivity index (χ0v) is 14.7. The molecule has 0 aromatic rings. The zero-order chi connectivity index (χ0) is 15.3. The second-order valence-corrected chi connectivity index (χ2v) is 8.30. The fourth-order valence-electron chi connectivity index (χ4n) is 3.60. The van der Waals surface area contributed by atoms with E-state index in [-0.39, 0.29) is 0 Å². The summed E-state index contributed by atoms with van der Waals surface area (Å²) in [7, 11) is 0. The monoisotopic (exact) mass is 289 g/mol. The summed E-state index contributed by atoms with van der Waals surface area (Å²) in [5, 5.41) is 3.66. The molecular formula is C20H35N. The molecule has 1 N–H and O–H groups in total. The van der Waals surface area contributed by atoms with Gasteiger partial charge < -0.3 is 5.32 Å². The van der Waals surface area contributed by atoms with Gasteiger partial charge in [-0.2, -0.15) is 0 Å². The molecule has 0 radical (unpaired) electrons. The van der Waals surface area contributed by atoms with E-state index in [0.29, 0.717) is 5.41 Å². The van der Waals surface area contributed by atoms with Gasteiger partial charge >= 0.3 is 0 Å². The first-order valence-corrected chi connectivity index (χ1v) is 9.07. The standard InChI is InChI=1S/C20H35N/c1-16-7-13-19(14-8-16)21-15-5-6-17-9-11-18(12-10-17)20(2,3)4/h11,13,16-17,21H,5-10,12,14-15H2,1-4H3. The Morgan fingerprint density at radius 1 is 1.10 bits per heavy atom. The minimum absolute atomic E-state index is 0.386. The fourth-order valence-corrected chi connectivity index (χ4v) is 3.60. The van der Waals surface area contributed by atoms with Crippen molar-refractivity contribution in [1.82, 2.24) is 5.32 Å². The molecule has 0 fully saturated rings. The maximum atomic E-state index is 3.66. The van der Waals surface area contributed by atoms with Crippen molar-refractivity contribution in [2.24, 2.45) is 17.3 Å². The Morgan fingerprint density at radius 3 is 2.48 bits per heavy atom. The highest BCUT2D eigenvalue weighted by molar-refractivity contribution is 5.13. The van der Waals surface area contributed by atoms with Gasteiger partial charge in [0.2, 0.25) is 0 Å². The van der Waals surface area contributed by atoms with Crippen molar-refractivity contribution in [2.75, 3.05) is 6.54 Å². The van der Waals surface area contributed by atoms with Crippen LogP contribution >= 0.6 is 0 Å². The Bertz CT molecular complexity index is 383. The van der Waals surface area contributed by atoms with Crippen LogP contribution in [0.1, 0.15) is 79.1 Å². The van der Waals surface area contributed by atoms with E-state index in [2.05, 4.69) is 45.2 Å². The molecule has 0 saturated carbocycles. The Morgan fingerprint density at radius 2 is 1.90 bits per heavy atom. The van der Waals surface area contributed by atoms with Crippen molar-refractivity contribution in [3.05, 3.63) is 23.4 Å². The van der Waals surface area contributed by atoms with E-state index in [9.17, 15) is 0 Å². The summed E-state index contributed by atoms with van der Waals surface area (Å²) in [6, 6.07) is 0. The Labute approximate surface area is 132 Å². The summed E-state index contributed by atoms with van der Waals surface area (Å²) in [4.78, 5) is 0. The highest BCUT2D eigenvalue weighted by Gasteiger charge is 2.22. The molecule has 0 bridgehead atoms. The third kappa shape index (κ3) is 5.52. The molecule has 2 atom stereocenters. The van der Waals surface area contributed by atoms with E-state index in [1.165, 1.54) is 63.6 Å². The van der Waals surface area contributed by atoms with Crippen LogP contribution in [-0.4, -0.2) is 6.54 Å². The van der Waals surface area contributed by atoms with Crippen LogP contribution in [0.2, 0.25) is 0 Å². The average molecular weight is 290 g/mol. The lowest BCUT2D eigenvalue weighted by Crippen LogP contribution is -2.20. The van der Waals surface area contributed by atoms with Gasteiger partial charge in [-0.1, -0.05) is 45.4 Å². The molecular weight excluding hydrogens is 254 g/mol. The van der Waals surface area contributed by atoms with Crippen LogP contribution in [0.3, 0.4) is 0 Å². The minimum atomic E-state index is 0.386. The van der Waals surface area contributed by atoms with E-state index in [4.69, 9.17) is 0 Å². The lowest BCUT2D eigenvalue weighted by atomic mass is 9.76. The van der Waals surface area contributed by atoms with Crippen molar-refractivity contribution in [3.8, 4) is 0 Å². The number of hydrogen-bond acceptors (Lipinski definition) is 1. The van der Waals surface area contributed by atoms with Gasteiger partial charge in [-0.25, -0.2) is 0 Å². The van der Waals surface area contributed by atoms with Crippen LogP contribution in [-0.2, 0) is 0 Å². The molecule has 21 heavy (non-hydrogen) atoms. The molecule has 0 aromatic carbocycles. The van der Waals surface area contributed by atoms with Crippen molar-refractivity contribution in [2.45, 2.75) is 79.1 Å². The lowest BCUT2D eigenvalue weighted by molar-refractivity contribution is 0.379. The highest BCUT2D eigenvalue weighted by Crippen LogP contribution is 2.36. The molecule has 0 spiro atoms. The maximum absolute atomic E-state index is 3.66. The quantitative estimate of drug-likeness (QED) is 0.496. The number of allylic oxidation sites excluding steroid dienone is 4. The molecule has 1 nitrogen and oxygen atoms in total. The Balaban J connectivity index is 1.61. The van der Waals surface area contributed by atoms with Crippen LogP contribution in [0.4, 0.5) is 0 Å². The third-order valence-electron chi connectivity index (χ3n) is 5.30. The first-order valence-electron chi connectivity index (χ1n) is 9.07. The second kappa shape index (κ2) is 7.51. The normalized spacial score (nSPS) is 27.0. The predicted octanol–water partition coefficient (Wildman–Crippen LogP) is 5.83. The topological polar surface area (TPSA) is 12.0 Å². The van der Waals surface area contributed by atoms with Crippen LogP contribution < -0.4 is 5.32 Å². The molecule has 0 saturated heterocycles. The largest absolute Gasteiger partial charge is 0.389 e. The summed E-state index contributed by atoms with van der Waals surface area (Å²) < 4.78 is 0. The molecule has 2 rings (SSSR count). The van der Waals surface area contributed by atoms with E-state index < -0.39 is 0 Å². The molecule has 0 amide bonds. The second-order valence-electron chi connectivity index (χ2n) is 8.30. The number of rotatable bonds is 5. The molecule has 2 aliphatic rings. The van der Waals surface area contributed by atoms with Crippen LogP contribution in [0.15, 0.2) is 23.4 Å². The van der Waals surface area contributed by atoms with Crippen molar-refractivity contribution < 1.29 is 0 Å². The fraction of sp³-hybridized carbons (Fsp3) is 0.800. The summed E-state index contributed by atoms with van der Waals surface area (Å²) in [6.07, 6.45) is 15.6. The highest BCUT2D eigenvalue weighted by atomic mass is 14.9. The summed E-state index contributed by atoms with van der Waals surface area (Å²) in [5.74, 6) is 1.82. The lowest BCUT2D eigenvalue weighted by Gasteiger charge is -2.30. The third-order valence-corrected chi connectivity index (χ3v) is 5.30. The smallest absolute Gasteiger partial charge is 0.0143 e. The van der Waals surface area contributed by atoms with Gasteiger partial charge in [0.05, 0.1) is 0 Å². The van der Waals surface area contributed by atoms with Gasteiger partial charge in [-0.15, -0.1) is 0 Å². The summed E-state index contributed by atoms with van der Waals surface area (Å²) in [5.41, 5.74) is 3.57. The number of hydrogen-bond donors (Lipinski definition) is 1. The first-order chi connectivity index (χ1) is 9.95. The van der Waals surface area contributed by atoms with E-state index >= 15 is 0 Å². The van der Waals surface area contributed by atoms with Gasteiger partial charge in [-0.05, 0) is 68.6 Å². The number of nitrogens with one attached hydrogen (secondary N) is 1.